The molecule has 0 aromatic heterocycles. The molecular weight excluding hydrogens is 605 g/mol. The van der Waals surface area contributed by atoms with Crippen LogP contribution in [0.4, 0.5) is 28.4 Å². The van der Waals surface area contributed by atoms with E-state index in [2.05, 4.69) is 202 Å². The van der Waals surface area contributed by atoms with Crippen LogP contribution in [0.3, 0.4) is 0 Å². The third-order valence-corrected chi connectivity index (χ3v) is 9.18. The largest absolute Gasteiger partial charge is 0.310 e. The van der Waals surface area contributed by atoms with E-state index >= 15 is 0 Å². The van der Waals surface area contributed by atoms with Crippen LogP contribution in [0, 0.1) is 0 Å². The minimum atomic E-state index is 0.450. The number of benzene rings is 6. The van der Waals surface area contributed by atoms with E-state index in [1.165, 1.54) is 11.1 Å². The number of anilines is 5. The van der Waals surface area contributed by atoms with Gasteiger partial charge in [-0.15, -0.1) is 0 Å². The van der Waals surface area contributed by atoms with Crippen LogP contribution in [-0.4, -0.2) is 0 Å². The molecule has 50 heavy (non-hydrogen) atoms. The highest BCUT2D eigenvalue weighted by molar-refractivity contribution is 6.06. The molecule has 6 aromatic rings. The molecular formula is C48H46N2. The van der Waals surface area contributed by atoms with E-state index in [0.717, 1.165) is 56.0 Å². The second-order valence-electron chi connectivity index (χ2n) is 13.1. The maximum atomic E-state index is 4.16. The molecule has 0 aliphatic carbocycles. The van der Waals surface area contributed by atoms with Crippen molar-refractivity contribution in [3.05, 3.63) is 199 Å². The Bertz CT molecular complexity index is 2120. The lowest BCUT2D eigenvalue weighted by atomic mass is 9.93. The van der Waals surface area contributed by atoms with Crippen molar-refractivity contribution in [2.24, 2.45) is 0 Å². The Hall–Kier alpha value is -5.86. The summed E-state index contributed by atoms with van der Waals surface area (Å²) in [5, 5.41) is 2.30. The molecule has 0 heterocycles. The molecule has 6 rings (SSSR count). The predicted octanol–water partition coefficient (Wildman–Crippen LogP) is 14.1. The van der Waals surface area contributed by atoms with Gasteiger partial charge in [0.05, 0.1) is 11.4 Å². The highest BCUT2D eigenvalue weighted by atomic mass is 15.2. The van der Waals surface area contributed by atoms with Gasteiger partial charge in [0.25, 0.3) is 0 Å². The second kappa shape index (κ2) is 15.6. The molecule has 0 aliphatic heterocycles. The molecule has 0 unspecified atom stereocenters. The lowest BCUT2D eigenvalue weighted by molar-refractivity contribution is 0.866. The summed E-state index contributed by atoms with van der Waals surface area (Å²) in [7, 11) is 0. The summed E-state index contributed by atoms with van der Waals surface area (Å²) in [6.07, 6.45) is 10.1. The van der Waals surface area contributed by atoms with Crippen LogP contribution in [-0.2, 0) is 0 Å². The van der Waals surface area contributed by atoms with Crippen LogP contribution in [0.2, 0.25) is 0 Å². The Kier molecular flexibility index (Phi) is 10.6. The lowest BCUT2D eigenvalue weighted by Crippen LogP contribution is -2.16. The molecule has 248 valence electrons. The molecule has 6 aromatic carbocycles. The SMILES string of the molecule is C=C/C=C\c1c(/C(=C\C=C)N(c2ccccc2)c2ccc(C(C)C)cc2)ccc2c(N(c3ccccc3)c3ccc(C(C)C)cc3)cccc12. The monoisotopic (exact) mass is 650 g/mol. The summed E-state index contributed by atoms with van der Waals surface area (Å²) in [6, 6.07) is 50.2. The van der Waals surface area contributed by atoms with E-state index in [1.54, 1.807) is 0 Å². The minimum Gasteiger partial charge on any atom is -0.310 e. The van der Waals surface area contributed by atoms with Crippen LogP contribution < -0.4 is 9.80 Å². The maximum Gasteiger partial charge on any atom is 0.0540 e. The molecule has 2 heteroatoms. The zero-order valence-electron chi connectivity index (χ0n) is 29.6. The summed E-state index contributed by atoms with van der Waals surface area (Å²) in [6.45, 7) is 17.1. The minimum absolute atomic E-state index is 0.450. The Morgan fingerprint density at radius 1 is 0.520 bits per heavy atom. The second-order valence-corrected chi connectivity index (χ2v) is 13.1. The van der Waals surface area contributed by atoms with E-state index < -0.39 is 0 Å². The van der Waals surface area contributed by atoms with Gasteiger partial charge in [-0.2, -0.15) is 0 Å². The highest BCUT2D eigenvalue weighted by Gasteiger charge is 2.22. The zero-order valence-corrected chi connectivity index (χ0v) is 29.6. The van der Waals surface area contributed by atoms with Crippen LogP contribution in [0.5, 0.6) is 0 Å². The van der Waals surface area contributed by atoms with Gasteiger partial charge in [0.1, 0.15) is 0 Å². The first-order chi connectivity index (χ1) is 24.4. The molecule has 0 saturated heterocycles. The fraction of sp³-hybridized carbons (Fsp3) is 0.125. The van der Waals surface area contributed by atoms with Crippen molar-refractivity contribution >= 4 is 51.0 Å². The van der Waals surface area contributed by atoms with Crippen molar-refractivity contribution in [2.75, 3.05) is 9.80 Å². The van der Waals surface area contributed by atoms with E-state index in [1.807, 2.05) is 18.2 Å². The van der Waals surface area contributed by atoms with Crippen molar-refractivity contribution in [1.82, 2.24) is 0 Å². The van der Waals surface area contributed by atoms with Crippen molar-refractivity contribution in [1.29, 1.82) is 0 Å². The van der Waals surface area contributed by atoms with Gasteiger partial charge >= 0.3 is 0 Å². The number of para-hydroxylation sites is 2. The fourth-order valence-electron chi connectivity index (χ4n) is 6.55. The molecule has 0 amide bonds. The number of nitrogens with zero attached hydrogens (tertiary/aromatic N) is 2. The van der Waals surface area contributed by atoms with E-state index in [9.17, 15) is 0 Å². The van der Waals surface area contributed by atoms with E-state index in [4.69, 9.17) is 0 Å². The molecule has 0 radical (unpaired) electrons. The van der Waals surface area contributed by atoms with Crippen LogP contribution >= 0.6 is 0 Å². The predicted molar refractivity (Wildman–Crippen MR) is 219 cm³/mol. The van der Waals surface area contributed by atoms with Gasteiger partial charge < -0.3 is 9.80 Å². The van der Waals surface area contributed by atoms with Gasteiger partial charge in [-0.05, 0) is 94.6 Å². The average Bonchev–Trinajstić information content (AvgIpc) is 3.15. The van der Waals surface area contributed by atoms with Crippen molar-refractivity contribution in [3.63, 3.8) is 0 Å². The normalized spacial score (nSPS) is 11.8. The number of rotatable bonds is 12. The van der Waals surface area contributed by atoms with Gasteiger partial charge in [0.2, 0.25) is 0 Å². The lowest BCUT2D eigenvalue weighted by Gasteiger charge is -2.30. The topological polar surface area (TPSA) is 6.48 Å². The maximum absolute atomic E-state index is 4.16. The number of hydrogen-bond donors (Lipinski definition) is 0. The first-order valence-electron chi connectivity index (χ1n) is 17.5. The fourth-order valence-corrected chi connectivity index (χ4v) is 6.55. The Balaban J connectivity index is 1.59. The third kappa shape index (κ3) is 7.11. The standard InChI is InChI=1S/C48H46N2/c1-7-9-22-43-44-23-16-24-48(50(40-20-14-11-15-21-40)42-31-27-38(28-32-42)36(5)6)46(44)34-33-45(43)47(17-8-2)49(39-18-12-10-13-19-39)41-29-25-37(26-30-41)35(3)4/h7-36H,1-2H2,3-6H3/b22-9-,47-17+. The summed E-state index contributed by atoms with van der Waals surface area (Å²) in [4.78, 5) is 4.69. The molecule has 0 bridgehead atoms. The van der Waals surface area contributed by atoms with Crippen LogP contribution in [0.1, 0.15) is 61.8 Å². The Labute approximate surface area is 298 Å². The molecule has 0 atom stereocenters. The highest BCUT2D eigenvalue weighted by Crippen LogP contribution is 2.43. The Morgan fingerprint density at radius 2 is 1.06 bits per heavy atom. The molecule has 0 spiro atoms. The molecule has 2 nitrogen and oxygen atoms in total. The summed E-state index contributed by atoms with van der Waals surface area (Å²) in [5.41, 5.74) is 11.4. The van der Waals surface area contributed by atoms with Crippen LogP contribution in [0.25, 0.3) is 22.5 Å². The summed E-state index contributed by atoms with van der Waals surface area (Å²) in [5.74, 6) is 0.914. The van der Waals surface area contributed by atoms with E-state index in [0.29, 0.717) is 11.8 Å². The third-order valence-electron chi connectivity index (χ3n) is 9.18. The quantitative estimate of drug-likeness (QED) is 0.122. The number of fused-ring (bicyclic) bond motifs is 1. The summed E-state index contributed by atoms with van der Waals surface area (Å²) >= 11 is 0. The van der Waals surface area contributed by atoms with Crippen molar-refractivity contribution < 1.29 is 0 Å². The first kappa shape index (κ1) is 34.0. The number of allylic oxidation sites excluding steroid dienone is 4. The molecule has 0 aliphatic rings. The first-order valence-corrected chi connectivity index (χ1v) is 17.5. The van der Waals surface area contributed by atoms with Gasteiger partial charge in [-0.25, -0.2) is 0 Å². The van der Waals surface area contributed by atoms with Gasteiger partial charge in [-0.1, -0.05) is 150 Å². The van der Waals surface area contributed by atoms with Crippen LogP contribution in [0.15, 0.2) is 177 Å². The molecule has 0 fully saturated rings. The van der Waals surface area contributed by atoms with Crippen molar-refractivity contribution in [3.8, 4) is 0 Å². The van der Waals surface area contributed by atoms with Gasteiger partial charge in [0.15, 0.2) is 0 Å². The average molecular weight is 651 g/mol. The van der Waals surface area contributed by atoms with Gasteiger partial charge in [-0.3, -0.25) is 0 Å². The molecule has 0 N–H and O–H groups in total. The number of hydrogen-bond acceptors (Lipinski definition) is 2. The summed E-state index contributed by atoms with van der Waals surface area (Å²) < 4.78 is 0. The zero-order chi connectivity index (χ0) is 35.0. The smallest absolute Gasteiger partial charge is 0.0540 e. The molecule has 0 saturated carbocycles. The van der Waals surface area contributed by atoms with Crippen molar-refractivity contribution in [2.45, 2.75) is 39.5 Å². The van der Waals surface area contributed by atoms with Gasteiger partial charge in [0, 0.05) is 33.7 Å². The van der Waals surface area contributed by atoms with E-state index in [-0.39, 0.29) is 0 Å². The Morgan fingerprint density at radius 3 is 1.62 bits per heavy atom.